The van der Waals surface area contributed by atoms with Gasteiger partial charge in [-0.3, -0.25) is 14.4 Å². The van der Waals surface area contributed by atoms with Gasteiger partial charge >= 0.3 is 5.97 Å². The number of amides is 2. The zero-order valence-corrected chi connectivity index (χ0v) is 14.5. The molecule has 25 heavy (non-hydrogen) atoms. The average molecular weight is 345 g/mol. The van der Waals surface area contributed by atoms with Crippen LogP contribution in [0.15, 0.2) is 30.5 Å². The maximum Gasteiger partial charge on any atom is 0.306 e. The summed E-state index contributed by atoms with van der Waals surface area (Å²) in [5.74, 6) is -1.10. The fourth-order valence-corrected chi connectivity index (χ4v) is 2.47. The summed E-state index contributed by atoms with van der Waals surface area (Å²) >= 11 is 0. The van der Waals surface area contributed by atoms with Crippen LogP contribution in [0.5, 0.6) is 0 Å². The van der Waals surface area contributed by atoms with Crippen molar-refractivity contribution in [2.45, 2.75) is 19.3 Å². The Morgan fingerprint density at radius 2 is 2.00 bits per heavy atom. The van der Waals surface area contributed by atoms with Gasteiger partial charge in [-0.05, 0) is 24.5 Å². The highest BCUT2D eigenvalue weighted by Crippen LogP contribution is 2.19. The Labute approximate surface area is 146 Å². The number of nitrogens with one attached hydrogen (secondary N) is 2. The summed E-state index contributed by atoms with van der Waals surface area (Å²) in [5.41, 5.74) is 2.23. The van der Waals surface area contributed by atoms with Crippen LogP contribution >= 0.6 is 0 Å². The molecule has 134 valence electrons. The molecule has 2 rings (SSSR count). The van der Waals surface area contributed by atoms with E-state index in [0.29, 0.717) is 6.42 Å². The van der Waals surface area contributed by atoms with Crippen LogP contribution < -0.4 is 5.32 Å². The molecule has 7 nitrogen and oxygen atoms in total. The standard InChI is InChI=1S/C18H23N3O4/c1-19-16(22)11-21(2)17(23)12-25-18(24)9-5-6-13-10-20-15-8-4-3-7-14(13)15/h3-4,7-8,10,20H,5-6,9,11-12H2,1-2H3,(H,19,22). The summed E-state index contributed by atoms with van der Waals surface area (Å²) in [6.07, 6.45) is 3.59. The molecular weight excluding hydrogens is 322 g/mol. The Bertz CT molecular complexity index is 754. The molecular formula is C18H23N3O4. The van der Waals surface area contributed by atoms with E-state index < -0.39 is 11.9 Å². The minimum absolute atomic E-state index is 0.0621. The normalized spacial score (nSPS) is 10.5. The molecule has 0 aliphatic carbocycles. The Morgan fingerprint density at radius 3 is 2.76 bits per heavy atom. The van der Waals surface area contributed by atoms with E-state index in [1.807, 2.05) is 30.5 Å². The molecule has 0 saturated heterocycles. The highest BCUT2D eigenvalue weighted by molar-refractivity contribution is 5.86. The summed E-state index contributed by atoms with van der Waals surface area (Å²) < 4.78 is 4.98. The van der Waals surface area contributed by atoms with Crippen molar-refractivity contribution in [2.75, 3.05) is 27.2 Å². The fourth-order valence-electron chi connectivity index (χ4n) is 2.47. The largest absolute Gasteiger partial charge is 0.456 e. The number of fused-ring (bicyclic) bond motifs is 1. The Morgan fingerprint density at radius 1 is 1.24 bits per heavy atom. The van der Waals surface area contributed by atoms with E-state index in [1.165, 1.54) is 19.0 Å². The molecule has 0 aliphatic rings. The van der Waals surface area contributed by atoms with Crippen molar-refractivity contribution in [1.29, 1.82) is 0 Å². The van der Waals surface area contributed by atoms with Gasteiger partial charge in [0.05, 0.1) is 6.54 Å². The predicted molar refractivity (Wildman–Crippen MR) is 93.9 cm³/mol. The van der Waals surface area contributed by atoms with Crippen molar-refractivity contribution in [3.8, 4) is 0 Å². The number of para-hydroxylation sites is 1. The van der Waals surface area contributed by atoms with Crippen LogP contribution in [0.2, 0.25) is 0 Å². The molecule has 1 aromatic heterocycles. The summed E-state index contributed by atoms with van der Waals surface area (Å²) in [4.78, 5) is 39.1. The number of hydrogen-bond donors (Lipinski definition) is 2. The first kappa shape index (κ1) is 18.5. The lowest BCUT2D eigenvalue weighted by Crippen LogP contribution is -2.39. The number of hydrogen-bond acceptors (Lipinski definition) is 4. The molecule has 0 radical (unpaired) electrons. The number of benzene rings is 1. The van der Waals surface area contributed by atoms with E-state index in [2.05, 4.69) is 10.3 Å². The van der Waals surface area contributed by atoms with Crippen molar-refractivity contribution in [1.82, 2.24) is 15.2 Å². The van der Waals surface area contributed by atoms with Crippen LogP contribution in [0, 0.1) is 0 Å². The van der Waals surface area contributed by atoms with Crippen molar-refractivity contribution >= 4 is 28.7 Å². The van der Waals surface area contributed by atoms with Gasteiger partial charge in [0.2, 0.25) is 5.91 Å². The molecule has 0 spiro atoms. The van der Waals surface area contributed by atoms with Crippen molar-refractivity contribution in [3.05, 3.63) is 36.0 Å². The van der Waals surface area contributed by atoms with E-state index in [4.69, 9.17) is 4.74 Å². The number of aromatic amines is 1. The number of aromatic nitrogens is 1. The minimum atomic E-state index is -0.415. The monoisotopic (exact) mass is 345 g/mol. The zero-order chi connectivity index (χ0) is 18.2. The van der Waals surface area contributed by atoms with Gasteiger partial charge in [-0.2, -0.15) is 0 Å². The Balaban J connectivity index is 1.70. The van der Waals surface area contributed by atoms with Crippen LogP contribution in [0.1, 0.15) is 18.4 Å². The molecule has 2 N–H and O–H groups in total. The SMILES string of the molecule is CNC(=O)CN(C)C(=O)COC(=O)CCCc1c[nH]c2ccccc12. The highest BCUT2D eigenvalue weighted by Gasteiger charge is 2.14. The molecule has 0 fully saturated rings. The van der Waals surface area contributed by atoms with E-state index >= 15 is 0 Å². The van der Waals surface area contributed by atoms with Gasteiger partial charge in [-0.15, -0.1) is 0 Å². The average Bonchev–Trinajstić information content (AvgIpc) is 3.02. The summed E-state index contributed by atoms with van der Waals surface area (Å²) in [6, 6.07) is 8.00. The molecule has 2 aromatic rings. The lowest BCUT2D eigenvalue weighted by atomic mass is 10.1. The van der Waals surface area contributed by atoms with Crippen molar-refractivity contribution in [3.63, 3.8) is 0 Å². The second-order valence-electron chi connectivity index (χ2n) is 5.80. The number of H-pyrrole nitrogens is 1. The van der Waals surface area contributed by atoms with Gasteiger partial charge in [0.25, 0.3) is 5.91 Å². The van der Waals surface area contributed by atoms with E-state index in [0.717, 1.165) is 22.9 Å². The molecule has 2 amide bonds. The number of rotatable bonds is 8. The summed E-state index contributed by atoms with van der Waals surface area (Å²) in [6.45, 7) is -0.410. The second kappa shape index (κ2) is 8.86. The Hall–Kier alpha value is -2.83. The first-order chi connectivity index (χ1) is 12.0. The van der Waals surface area contributed by atoms with Crippen LogP contribution in [0.3, 0.4) is 0 Å². The van der Waals surface area contributed by atoms with E-state index in [9.17, 15) is 14.4 Å². The number of esters is 1. The number of likely N-dealkylation sites (N-methyl/N-ethyl adjacent to an activating group) is 2. The van der Waals surface area contributed by atoms with Crippen LogP contribution in [-0.4, -0.2) is 54.9 Å². The lowest BCUT2D eigenvalue weighted by Gasteiger charge is -2.15. The van der Waals surface area contributed by atoms with Gasteiger partial charge < -0.3 is 19.9 Å². The number of carbonyl (C=O) groups excluding carboxylic acids is 3. The third kappa shape index (κ3) is 5.34. The maximum absolute atomic E-state index is 11.8. The quantitative estimate of drug-likeness (QED) is 0.704. The molecule has 0 bridgehead atoms. The fraction of sp³-hybridized carbons (Fsp3) is 0.389. The maximum atomic E-state index is 11.8. The van der Waals surface area contributed by atoms with Gasteiger partial charge in [-0.25, -0.2) is 0 Å². The smallest absolute Gasteiger partial charge is 0.306 e. The van der Waals surface area contributed by atoms with Gasteiger partial charge in [-0.1, -0.05) is 18.2 Å². The number of aryl methyl sites for hydroxylation is 1. The third-order valence-corrected chi connectivity index (χ3v) is 3.94. The number of ether oxygens (including phenoxy) is 1. The first-order valence-corrected chi connectivity index (χ1v) is 8.16. The predicted octanol–water partition coefficient (Wildman–Crippen LogP) is 1.24. The van der Waals surface area contributed by atoms with Gasteiger partial charge in [0.1, 0.15) is 0 Å². The number of carbonyl (C=O) groups is 3. The van der Waals surface area contributed by atoms with Gasteiger partial charge in [0, 0.05) is 37.6 Å². The van der Waals surface area contributed by atoms with Crippen molar-refractivity contribution in [2.24, 2.45) is 0 Å². The van der Waals surface area contributed by atoms with Gasteiger partial charge in [0.15, 0.2) is 6.61 Å². The van der Waals surface area contributed by atoms with Crippen LogP contribution in [0.4, 0.5) is 0 Å². The lowest BCUT2D eigenvalue weighted by molar-refractivity contribution is -0.152. The summed E-state index contributed by atoms with van der Waals surface area (Å²) in [5, 5.41) is 3.58. The van der Waals surface area contributed by atoms with E-state index in [-0.39, 0.29) is 25.5 Å². The van der Waals surface area contributed by atoms with E-state index in [1.54, 1.807) is 0 Å². The zero-order valence-electron chi connectivity index (χ0n) is 14.5. The molecule has 0 atom stereocenters. The molecule has 7 heteroatoms. The van der Waals surface area contributed by atoms with Crippen LogP contribution in [0.25, 0.3) is 10.9 Å². The molecule has 0 aliphatic heterocycles. The van der Waals surface area contributed by atoms with Crippen molar-refractivity contribution < 1.29 is 19.1 Å². The second-order valence-corrected chi connectivity index (χ2v) is 5.80. The Kier molecular flexibility index (Phi) is 6.56. The minimum Gasteiger partial charge on any atom is -0.456 e. The molecule has 0 saturated carbocycles. The first-order valence-electron chi connectivity index (χ1n) is 8.16. The summed E-state index contributed by atoms with van der Waals surface area (Å²) in [7, 11) is 2.98. The van der Waals surface area contributed by atoms with Crippen LogP contribution in [-0.2, 0) is 25.5 Å². The number of nitrogens with zero attached hydrogens (tertiary/aromatic N) is 1. The molecule has 1 heterocycles. The molecule has 1 aromatic carbocycles. The topological polar surface area (TPSA) is 91.5 Å². The third-order valence-electron chi connectivity index (χ3n) is 3.94. The highest BCUT2D eigenvalue weighted by atomic mass is 16.5. The molecule has 0 unspecified atom stereocenters.